The first kappa shape index (κ1) is 10.3. The van der Waals surface area contributed by atoms with E-state index < -0.39 is 6.23 Å². The lowest BCUT2D eigenvalue weighted by molar-refractivity contribution is 0.0257. The molecule has 0 radical (unpaired) electrons. The number of aliphatic hydroxyl groups excluding tert-OH is 1. The number of aliphatic hydroxyl groups is 1. The topological polar surface area (TPSA) is 47.3 Å². The number of nitrogens with one attached hydrogen (secondary N) is 1. The highest BCUT2D eigenvalue weighted by molar-refractivity contribution is 5.58. The van der Waals surface area contributed by atoms with Gasteiger partial charge in [-0.2, -0.15) is 0 Å². The molecule has 0 amide bonds. The van der Waals surface area contributed by atoms with Gasteiger partial charge in [0.05, 0.1) is 0 Å². The highest BCUT2D eigenvalue weighted by Gasteiger charge is 2.26. The van der Waals surface area contributed by atoms with Gasteiger partial charge in [0.2, 0.25) is 0 Å². The predicted molar refractivity (Wildman–Crippen MR) is 60.1 cm³/mol. The molecule has 1 aromatic carbocycles. The quantitative estimate of drug-likeness (QED) is 0.718. The molecule has 1 heterocycles. The molecule has 3 nitrogen and oxygen atoms in total. The average molecular weight is 204 g/mol. The van der Waals surface area contributed by atoms with Crippen molar-refractivity contribution in [2.75, 3.05) is 6.54 Å². The number of hydrogen-bond donors (Lipinski definition) is 2. The van der Waals surface area contributed by atoms with Crippen molar-refractivity contribution in [2.24, 2.45) is 0 Å². The molecule has 0 bridgehead atoms. The summed E-state index contributed by atoms with van der Waals surface area (Å²) < 4.78 is 0. The van der Waals surface area contributed by atoms with Crippen LogP contribution in [-0.2, 0) is 6.42 Å². The molecule has 0 saturated carbocycles. The zero-order valence-electron chi connectivity index (χ0n) is 8.85. The highest BCUT2D eigenvalue weighted by atomic mass is 16.3. The molecule has 0 spiro atoms. The van der Waals surface area contributed by atoms with E-state index >= 15 is 0 Å². The van der Waals surface area contributed by atoms with Crippen molar-refractivity contribution in [1.29, 1.82) is 5.41 Å². The summed E-state index contributed by atoms with van der Waals surface area (Å²) in [6.45, 7) is 2.89. The summed E-state index contributed by atoms with van der Waals surface area (Å²) in [5.41, 5.74) is 2.63. The third-order valence-electron chi connectivity index (χ3n) is 3.13. The summed E-state index contributed by atoms with van der Waals surface area (Å²) in [7, 11) is 0. The van der Waals surface area contributed by atoms with Crippen LogP contribution in [0, 0.1) is 5.41 Å². The van der Waals surface area contributed by atoms with Gasteiger partial charge < -0.3 is 10.5 Å². The first-order valence-corrected chi connectivity index (χ1v) is 5.26. The summed E-state index contributed by atoms with van der Waals surface area (Å²) in [5, 5.41) is 16.8. The van der Waals surface area contributed by atoms with Crippen LogP contribution in [0.5, 0.6) is 0 Å². The lowest BCUT2D eigenvalue weighted by Crippen LogP contribution is -2.42. The van der Waals surface area contributed by atoms with Gasteiger partial charge >= 0.3 is 0 Å². The van der Waals surface area contributed by atoms with Gasteiger partial charge in [0, 0.05) is 18.8 Å². The van der Waals surface area contributed by atoms with Crippen LogP contribution < -0.4 is 0 Å². The van der Waals surface area contributed by atoms with Gasteiger partial charge in [0.15, 0.2) is 0 Å². The van der Waals surface area contributed by atoms with Gasteiger partial charge in [-0.05, 0) is 24.5 Å². The third-order valence-corrected chi connectivity index (χ3v) is 3.13. The van der Waals surface area contributed by atoms with Crippen molar-refractivity contribution in [3.63, 3.8) is 0 Å². The van der Waals surface area contributed by atoms with Crippen LogP contribution in [-0.4, -0.2) is 29.0 Å². The number of hydrogen-bond acceptors (Lipinski definition) is 3. The minimum Gasteiger partial charge on any atom is -0.373 e. The summed E-state index contributed by atoms with van der Waals surface area (Å²) in [4.78, 5) is 1.94. The Morgan fingerprint density at radius 2 is 2.27 bits per heavy atom. The van der Waals surface area contributed by atoms with E-state index in [9.17, 15) is 5.11 Å². The Bertz CT molecular complexity index is 364. The van der Waals surface area contributed by atoms with Gasteiger partial charge in [-0.15, -0.1) is 0 Å². The number of benzene rings is 1. The van der Waals surface area contributed by atoms with E-state index in [0.717, 1.165) is 19.2 Å². The van der Waals surface area contributed by atoms with E-state index in [0.29, 0.717) is 0 Å². The fourth-order valence-corrected chi connectivity index (χ4v) is 2.25. The molecule has 0 saturated heterocycles. The molecule has 2 atom stereocenters. The van der Waals surface area contributed by atoms with Crippen LogP contribution in [0.25, 0.3) is 0 Å². The molecule has 0 aliphatic carbocycles. The van der Waals surface area contributed by atoms with Gasteiger partial charge in [-0.1, -0.05) is 24.3 Å². The Morgan fingerprint density at radius 1 is 1.53 bits per heavy atom. The fourth-order valence-electron chi connectivity index (χ4n) is 2.25. The van der Waals surface area contributed by atoms with Crippen LogP contribution in [0.3, 0.4) is 0 Å². The van der Waals surface area contributed by atoms with Gasteiger partial charge in [0.1, 0.15) is 6.23 Å². The monoisotopic (exact) mass is 204 g/mol. The van der Waals surface area contributed by atoms with E-state index in [4.69, 9.17) is 5.41 Å². The van der Waals surface area contributed by atoms with Crippen LogP contribution in [0.4, 0.5) is 0 Å². The molecule has 1 aliphatic heterocycles. The maximum Gasteiger partial charge on any atom is 0.143 e. The van der Waals surface area contributed by atoms with Crippen molar-refractivity contribution < 1.29 is 5.11 Å². The molecule has 80 valence electrons. The molecule has 0 fully saturated rings. The second-order valence-corrected chi connectivity index (χ2v) is 3.94. The predicted octanol–water partition coefficient (Wildman–Crippen LogP) is 1.57. The Morgan fingerprint density at radius 3 is 3.00 bits per heavy atom. The van der Waals surface area contributed by atoms with Crippen LogP contribution in [0.1, 0.15) is 24.1 Å². The molecule has 3 heteroatoms. The molecule has 1 unspecified atom stereocenters. The van der Waals surface area contributed by atoms with Crippen LogP contribution >= 0.6 is 0 Å². The highest BCUT2D eigenvalue weighted by Crippen LogP contribution is 2.29. The lowest BCUT2D eigenvalue weighted by Gasteiger charge is -2.36. The van der Waals surface area contributed by atoms with Crippen molar-refractivity contribution >= 4 is 6.21 Å². The summed E-state index contributed by atoms with van der Waals surface area (Å²) in [6.07, 6.45) is 1.28. The van der Waals surface area contributed by atoms with E-state index in [1.807, 2.05) is 17.0 Å². The lowest BCUT2D eigenvalue weighted by atomic mass is 9.93. The van der Waals surface area contributed by atoms with Gasteiger partial charge in [-0.25, -0.2) is 0 Å². The minimum absolute atomic E-state index is 0.187. The Labute approximate surface area is 89.9 Å². The van der Waals surface area contributed by atoms with Gasteiger partial charge in [0.25, 0.3) is 0 Å². The molecule has 15 heavy (non-hydrogen) atoms. The third kappa shape index (κ3) is 1.80. The zero-order chi connectivity index (χ0) is 10.8. The maximum atomic E-state index is 9.66. The summed E-state index contributed by atoms with van der Waals surface area (Å²) in [6, 6.07) is 8.50. The molecular weight excluding hydrogens is 188 g/mol. The first-order valence-electron chi connectivity index (χ1n) is 5.26. The van der Waals surface area contributed by atoms with E-state index in [1.165, 1.54) is 11.1 Å². The number of nitrogens with zero attached hydrogens (tertiary/aromatic N) is 1. The molecular formula is C12H16N2O. The molecule has 2 rings (SSSR count). The van der Waals surface area contributed by atoms with E-state index in [1.54, 1.807) is 0 Å². The number of fused-ring (bicyclic) bond motifs is 1. The smallest absolute Gasteiger partial charge is 0.143 e. The summed E-state index contributed by atoms with van der Waals surface area (Å²) in [5.74, 6) is 0. The first-order chi connectivity index (χ1) is 7.24. The molecule has 1 aromatic rings. The maximum absolute atomic E-state index is 9.66. The Kier molecular flexibility index (Phi) is 2.84. The van der Waals surface area contributed by atoms with E-state index in [-0.39, 0.29) is 6.04 Å². The average Bonchev–Trinajstić information content (AvgIpc) is 2.29. The van der Waals surface area contributed by atoms with E-state index in [2.05, 4.69) is 19.1 Å². The van der Waals surface area contributed by atoms with Crippen LogP contribution in [0.15, 0.2) is 24.3 Å². The minimum atomic E-state index is -0.756. The Hall–Kier alpha value is -1.19. The molecule has 1 aliphatic rings. The second-order valence-electron chi connectivity index (χ2n) is 3.94. The van der Waals surface area contributed by atoms with Crippen molar-refractivity contribution in [1.82, 2.24) is 4.90 Å². The fraction of sp³-hybridized carbons (Fsp3) is 0.417. The van der Waals surface area contributed by atoms with Crippen LogP contribution in [0.2, 0.25) is 0 Å². The normalized spacial score (nSPS) is 23.2. The summed E-state index contributed by atoms with van der Waals surface area (Å²) >= 11 is 0. The van der Waals surface area contributed by atoms with Gasteiger partial charge in [-0.3, -0.25) is 4.90 Å². The van der Waals surface area contributed by atoms with Crippen molar-refractivity contribution in [3.05, 3.63) is 35.4 Å². The number of rotatable bonds is 2. The Balaban J connectivity index is 2.29. The van der Waals surface area contributed by atoms with Crippen molar-refractivity contribution in [2.45, 2.75) is 25.6 Å². The second kappa shape index (κ2) is 4.13. The largest absolute Gasteiger partial charge is 0.373 e. The standard InChI is InChI=1S/C12H16N2O/c1-9-11-5-3-2-4-10(11)6-7-14(9)12(15)8-13/h2-5,8-9,12-13,15H,6-7H2,1H3/t9-,12?/m1/s1. The zero-order valence-corrected chi connectivity index (χ0v) is 8.85. The van der Waals surface area contributed by atoms with Crippen molar-refractivity contribution in [3.8, 4) is 0 Å². The SMILES string of the molecule is C[C@@H]1c2ccccc2CCN1C(O)C=N. The molecule has 2 N–H and O–H groups in total. The molecule has 0 aromatic heterocycles.